The number of phenols is 1. The number of hydrogen-bond donors (Lipinski definition) is 2. The molecule has 2 rings (SSSR count). The van der Waals surface area contributed by atoms with Crippen molar-refractivity contribution in [1.29, 1.82) is 0 Å². The molecule has 2 unspecified atom stereocenters. The van der Waals surface area contributed by atoms with Crippen LogP contribution in [-0.4, -0.2) is 35.5 Å². The first-order chi connectivity index (χ1) is 13.4. The molecule has 5 nitrogen and oxygen atoms in total. The third-order valence-corrected chi connectivity index (χ3v) is 4.51. The van der Waals surface area contributed by atoms with Gasteiger partial charge in [-0.05, 0) is 55.2 Å². The number of ether oxygens (including phenoxy) is 2. The predicted octanol–water partition coefficient (Wildman–Crippen LogP) is 4.28. The molecule has 2 aromatic rings. The Balaban J connectivity index is 1.87. The molecule has 0 aromatic heterocycles. The molecule has 0 aliphatic heterocycles. The van der Waals surface area contributed by atoms with Crippen LogP contribution in [0.5, 0.6) is 11.5 Å². The minimum atomic E-state index is -0.928. The smallest absolute Gasteiger partial charge is 0.338 e. The third kappa shape index (κ3) is 6.89. The van der Waals surface area contributed by atoms with E-state index in [4.69, 9.17) is 9.47 Å². The molecule has 0 spiro atoms. The Hall–Kier alpha value is -2.53. The molecular weight excluding hydrogens is 356 g/mol. The number of rotatable bonds is 10. The first kappa shape index (κ1) is 21.8. The van der Waals surface area contributed by atoms with Crippen molar-refractivity contribution in [1.82, 2.24) is 0 Å². The Morgan fingerprint density at radius 3 is 2.50 bits per heavy atom. The second kappa shape index (κ2) is 10.7. The van der Waals surface area contributed by atoms with Crippen LogP contribution >= 0.6 is 0 Å². The Kier molecular flexibility index (Phi) is 8.33. The van der Waals surface area contributed by atoms with Gasteiger partial charge in [-0.2, -0.15) is 0 Å². The highest BCUT2D eigenvalue weighted by Crippen LogP contribution is 2.25. The standard InChI is InChI=1S/C23H30O5/c1-4-5-16(2)12-19-13-17(3)6-11-22(19)27-14-21(25)15-28-23(26)18-7-9-20(24)10-8-18/h6-11,13,16,21,24-25H,4-5,12,14-15H2,1-3H3. The third-order valence-electron chi connectivity index (χ3n) is 4.51. The van der Waals surface area contributed by atoms with Crippen molar-refractivity contribution in [3.63, 3.8) is 0 Å². The van der Waals surface area contributed by atoms with Gasteiger partial charge in [0.25, 0.3) is 0 Å². The van der Waals surface area contributed by atoms with Gasteiger partial charge in [-0.1, -0.05) is 44.4 Å². The molecule has 0 aliphatic rings. The number of aliphatic hydroxyl groups excluding tert-OH is 1. The van der Waals surface area contributed by atoms with Gasteiger partial charge in [-0.3, -0.25) is 0 Å². The van der Waals surface area contributed by atoms with E-state index in [0.717, 1.165) is 30.6 Å². The van der Waals surface area contributed by atoms with E-state index in [1.807, 2.05) is 12.1 Å². The average molecular weight is 386 g/mol. The number of aromatic hydroxyl groups is 1. The van der Waals surface area contributed by atoms with E-state index < -0.39 is 12.1 Å². The van der Waals surface area contributed by atoms with E-state index in [0.29, 0.717) is 11.5 Å². The number of benzene rings is 2. The van der Waals surface area contributed by atoms with Gasteiger partial charge in [0.2, 0.25) is 0 Å². The van der Waals surface area contributed by atoms with Gasteiger partial charge in [-0.15, -0.1) is 0 Å². The number of phenolic OH excluding ortho intramolecular Hbond substituents is 1. The summed E-state index contributed by atoms with van der Waals surface area (Å²) in [6, 6.07) is 11.8. The first-order valence-corrected chi connectivity index (χ1v) is 9.75. The maximum absolute atomic E-state index is 12.0. The zero-order valence-electron chi connectivity index (χ0n) is 16.9. The molecule has 5 heteroatoms. The molecule has 0 heterocycles. The molecule has 2 atom stereocenters. The zero-order chi connectivity index (χ0) is 20.5. The molecule has 0 saturated carbocycles. The van der Waals surface area contributed by atoms with Crippen molar-refractivity contribution in [2.75, 3.05) is 13.2 Å². The van der Waals surface area contributed by atoms with E-state index in [9.17, 15) is 15.0 Å². The van der Waals surface area contributed by atoms with Gasteiger partial charge >= 0.3 is 5.97 Å². The summed E-state index contributed by atoms with van der Waals surface area (Å²) in [4.78, 5) is 12.0. The number of aryl methyl sites for hydroxylation is 1. The van der Waals surface area contributed by atoms with Crippen molar-refractivity contribution < 1.29 is 24.5 Å². The second-order valence-corrected chi connectivity index (χ2v) is 7.32. The van der Waals surface area contributed by atoms with Crippen LogP contribution in [0.4, 0.5) is 0 Å². The number of carbonyl (C=O) groups is 1. The molecule has 2 N–H and O–H groups in total. The highest BCUT2D eigenvalue weighted by Gasteiger charge is 2.14. The molecule has 2 aromatic carbocycles. The fourth-order valence-electron chi connectivity index (χ4n) is 3.07. The van der Waals surface area contributed by atoms with E-state index >= 15 is 0 Å². The molecular formula is C23H30O5. The number of hydrogen-bond acceptors (Lipinski definition) is 5. The van der Waals surface area contributed by atoms with Crippen molar-refractivity contribution in [2.24, 2.45) is 5.92 Å². The highest BCUT2D eigenvalue weighted by molar-refractivity contribution is 5.89. The number of carbonyl (C=O) groups excluding carboxylic acids is 1. The van der Waals surface area contributed by atoms with Gasteiger partial charge in [0.1, 0.15) is 30.8 Å². The lowest BCUT2D eigenvalue weighted by Crippen LogP contribution is -2.25. The van der Waals surface area contributed by atoms with E-state index in [2.05, 4.69) is 26.8 Å². The van der Waals surface area contributed by atoms with Gasteiger partial charge < -0.3 is 19.7 Å². The van der Waals surface area contributed by atoms with Crippen LogP contribution in [0.2, 0.25) is 0 Å². The lowest BCUT2D eigenvalue weighted by Gasteiger charge is -2.18. The first-order valence-electron chi connectivity index (χ1n) is 9.75. The summed E-state index contributed by atoms with van der Waals surface area (Å²) in [7, 11) is 0. The van der Waals surface area contributed by atoms with Crippen molar-refractivity contribution in [2.45, 2.75) is 46.1 Å². The molecule has 28 heavy (non-hydrogen) atoms. The van der Waals surface area contributed by atoms with E-state index in [1.54, 1.807) is 0 Å². The SMILES string of the molecule is CCCC(C)Cc1cc(C)ccc1OCC(O)COC(=O)c1ccc(O)cc1. The van der Waals surface area contributed by atoms with Crippen LogP contribution < -0.4 is 4.74 Å². The van der Waals surface area contributed by atoms with Crippen molar-refractivity contribution >= 4 is 5.97 Å². The summed E-state index contributed by atoms with van der Waals surface area (Å²) in [5.74, 6) is 0.846. The van der Waals surface area contributed by atoms with Crippen LogP contribution in [0.25, 0.3) is 0 Å². The van der Waals surface area contributed by atoms with E-state index in [-0.39, 0.29) is 19.0 Å². The van der Waals surface area contributed by atoms with Gasteiger partial charge in [-0.25, -0.2) is 4.79 Å². The van der Waals surface area contributed by atoms with Gasteiger partial charge in [0.05, 0.1) is 5.56 Å². The molecule has 0 radical (unpaired) electrons. The fourth-order valence-corrected chi connectivity index (χ4v) is 3.07. The maximum Gasteiger partial charge on any atom is 0.338 e. The number of aliphatic hydroxyl groups is 1. The van der Waals surface area contributed by atoms with Gasteiger partial charge in [0, 0.05) is 0 Å². The summed E-state index contributed by atoms with van der Waals surface area (Å²) in [6.45, 7) is 6.34. The predicted molar refractivity (Wildman–Crippen MR) is 109 cm³/mol. The van der Waals surface area contributed by atoms with Crippen LogP contribution in [0, 0.1) is 12.8 Å². The Morgan fingerprint density at radius 2 is 1.82 bits per heavy atom. The number of esters is 1. The van der Waals surface area contributed by atoms with Crippen LogP contribution in [0.1, 0.15) is 48.2 Å². The fraction of sp³-hybridized carbons (Fsp3) is 0.435. The Bertz CT molecular complexity index is 754. The minimum absolute atomic E-state index is 0.0427. The zero-order valence-corrected chi connectivity index (χ0v) is 16.9. The summed E-state index contributed by atoms with van der Waals surface area (Å²) >= 11 is 0. The normalized spacial score (nSPS) is 13.0. The van der Waals surface area contributed by atoms with E-state index in [1.165, 1.54) is 29.8 Å². The van der Waals surface area contributed by atoms with Crippen molar-refractivity contribution in [3.05, 3.63) is 59.2 Å². The molecule has 0 aliphatic carbocycles. The second-order valence-electron chi connectivity index (χ2n) is 7.32. The largest absolute Gasteiger partial charge is 0.508 e. The molecule has 0 saturated heterocycles. The molecule has 0 amide bonds. The van der Waals surface area contributed by atoms with Gasteiger partial charge in [0.15, 0.2) is 0 Å². The summed E-state index contributed by atoms with van der Waals surface area (Å²) < 4.78 is 10.9. The lowest BCUT2D eigenvalue weighted by molar-refractivity contribution is 0.0129. The quantitative estimate of drug-likeness (QED) is 0.596. The highest BCUT2D eigenvalue weighted by atomic mass is 16.5. The van der Waals surface area contributed by atoms with Crippen LogP contribution in [0.15, 0.2) is 42.5 Å². The maximum atomic E-state index is 12.0. The Morgan fingerprint density at radius 1 is 1.11 bits per heavy atom. The average Bonchev–Trinajstić information content (AvgIpc) is 2.66. The summed E-state index contributed by atoms with van der Waals surface area (Å²) in [6.07, 6.45) is 2.30. The van der Waals surface area contributed by atoms with Crippen LogP contribution in [0.3, 0.4) is 0 Å². The molecule has 152 valence electrons. The van der Waals surface area contributed by atoms with Crippen LogP contribution in [-0.2, 0) is 11.2 Å². The van der Waals surface area contributed by atoms with Crippen molar-refractivity contribution in [3.8, 4) is 11.5 Å². The topological polar surface area (TPSA) is 76.0 Å². The minimum Gasteiger partial charge on any atom is -0.508 e. The summed E-state index contributed by atoms with van der Waals surface area (Å²) in [5.41, 5.74) is 2.63. The Labute approximate surface area is 166 Å². The lowest BCUT2D eigenvalue weighted by atomic mass is 9.95. The monoisotopic (exact) mass is 386 g/mol. The summed E-state index contributed by atoms with van der Waals surface area (Å²) in [5, 5.41) is 19.4. The molecule has 0 fully saturated rings. The molecule has 0 bridgehead atoms.